The molecule has 0 unspecified atom stereocenters. The van der Waals surface area contributed by atoms with Gasteiger partial charge in [0.15, 0.2) is 0 Å². The third kappa shape index (κ3) is 2.35. The number of aromatic nitrogens is 2. The molecule has 1 atom stereocenters. The van der Waals surface area contributed by atoms with Crippen LogP contribution in [0.4, 0.5) is 0 Å². The summed E-state index contributed by atoms with van der Waals surface area (Å²) in [5, 5.41) is 4.99. The number of carbonyl (C=O) groups is 2. The zero-order valence-corrected chi connectivity index (χ0v) is 15.5. The van der Waals surface area contributed by atoms with E-state index in [9.17, 15) is 9.59 Å². The van der Waals surface area contributed by atoms with Gasteiger partial charge in [-0.2, -0.15) is 0 Å². The van der Waals surface area contributed by atoms with Crippen molar-refractivity contribution in [3.8, 4) is 0 Å². The third-order valence-electron chi connectivity index (χ3n) is 5.98. The molecule has 2 aliphatic heterocycles. The molecule has 2 aliphatic rings. The van der Waals surface area contributed by atoms with Gasteiger partial charge in [-0.15, -0.1) is 0 Å². The maximum atomic E-state index is 13.2. The van der Waals surface area contributed by atoms with E-state index in [1.54, 1.807) is 11.0 Å². The van der Waals surface area contributed by atoms with Gasteiger partial charge in [0.1, 0.15) is 11.7 Å². The first-order valence-corrected chi connectivity index (χ1v) is 9.67. The first-order valence-electron chi connectivity index (χ1n) is 9.67. The molecule has 1 fully saturated rings. The topological polar surface area (TPSA) is 81.0 Å². The van der Waals surface area contributed by atoms with Gasteiger partial charge < -0.3 is 20.2 Å². The van der Waals surface area contributed by atoms with Crippen LogP contribution in [0.2, 0.25) is 0 Å². The summed E-state index contributed by atoms with van der Waals surface area (Å²) in [7, 11) is 0. The van der Waals surface area contributed by atoms with Crippen molar-refractivity contribution < 1.29 is 9.59 Å². The van der Waals surface area contributed by atoms with Gasteiger partial charge >= 0.3 is 0 Å². The van der Waals surface area contributed by atoms with Gasteiger partial charge in [0.2, 0.25) is 5.91 Å². The standard InChI is InChI=1S/C23H18N4O2/c28-22-21-10-16-15-6-2-4-8-18(15)25-20(16)12-27(21)23(29)19(26-22)9-13-11-24-17-7-3-1-5-14(13)17/h1-9,11,21,24-25H,10,12H2,(H,26,28)/b19-9-/t21-/m0/s1. The number of aromatic amines is 2. The van der Waals surface area contributed by atoms with Crippen molar-refractivity contribution in [2.45, 2.75) is 19.0 Å². The molecule has 4 heterocycles. The third-order valence-corrected chi connectivity index (χ3v) is 5.98. The van der Waals surface area contributed by atoms with Gasteiger partial charge in [0.25, 0.3) is 5.91 Å². The number of H-pyrrole nitrogens is 2. The fourth-order valence-electron chi connectivity index (χ4n) is 4.55. The molecule has 1 saturated heterocycles. The van der Waals surface area contributed by atoms with E-state index in [-0.39, 0.29) is 11.8 Å². The van der Waals surface area contributed by atoms with E-state index in [1.165, 1.54) is 0 Å². The minimum absolute atomic E-state index is 0.133. The second-order valence-electron chi connectivity index (χ2n) is 7.62. The van der Waals surface area contributed by atoms with Gasteiger partial charge in [0, 0.05) is 45.7 Å². The Balaban J connectivity index is 1.40. The Hall–Kier alpha value is -3.80. The molecule has 0 radical (unpaired) electrons. The van der Waals surface area contributed by atoms with E-state index in [0.717, 1.165) is 38.6 Å². The molecule has 0 spiro atoms. The van der Waals surface area contributed by atoms with Crippen LogP contribution in [-0.2, 0) is 22.6 Å². The molecule has 3 N–H and O–H groups in total. The largest absolute Gasteiger partial charge is 0.361 e. The number of nitrogens with zero attached hydrogens (tertiary/aromatic N) is 1. The molecule has 4 aromatic rings. The molecule has 2 aromatic heterocycles. The van der Waals surface area contributed by atoms with Crippen LogP contribution in [0.1, 0.15) is 16.8 Å². The van der Waals surface area contributed by atoms with Crippen molar-refractivity contribution >= 4 is 39.7 Å². The van der Waals surface area contributed by atoms with E-state index in [4.69, 9.17) is 0 Å². The Morgan fingerprint density at radius 1 is 0.966 bits per heavy atom. The Kier molecular flexibility index (Phi) is 3.26. The van der Waals surface area contributed by atoms with Crippen molar-refractivity contribution in [1.82, 2.24) is 20.2 Å². The fourth-order valence-corrected chi connectivity index (χ4v) is 4.55. The molecule has 2 amide bonds. The normalized spacial score (nSPS) is 20.2. The summed E-state index contributed by atoms with van der Waals surface area (Å²) < 4.78 is 0. The summed E-state index contributed by atoms with van der Waals surface area (Å²) in [5.41, 5.74) is 5.37. The summed E-state index contributed by atoms with van der Waals surface area (Å²) in [4.78, 5) is 34.4. The van der Waals surface area contributed by atoms with Gasteiger partial charge in [-0.25, -0.2) is 0 Å². The van der Waals surface area contributed by atoms with E-state index < -0.39 is 6.04 Å². The number of para-hydroxylation sites is 2. The lowest BCUT2D eigenvalue weighted by Gasteiger charge is -2.39. The number of fused-ring (bicyclic) bond motifs is 5. The molecule has 142 valence electrons. The first-order chi connectivity index (χ1) is 14.2. The fraction of sp³-hybridized carbons (Fsp3) is 0.130. The quantitative estimate of drug-likeness (QED) is 0.442. The van der Waals surface area contributed by atoms with E-state index in [0.29, 0.717) is 18.7 Å². The van der Waals surface area contributed by atoms with Crippen LogP contribution in [0.3, 0.4) is 0 Å². The number of hydrogen-bond donors (Lipinski definition) is 3. The van der Waals surface area contributed by atoms with Crippen molar-refractivity contribution in [1.29, 1.82) is 0 Å². The SMILES string of the molecule is O=C1N/C(=C\c2c[nH]c3ccccc23)C(=O)N2Cc3[nH]c4ccccc4c3C[C@@H]12. The Labute approximate surface area is 166 Å². The highest BCUT2D eigenvalue weighted by atomic mass is 16.2. The second kappa shape index (κ2) is 5.85. The zero-order chi connectivity index (χ0) is 19.5. The summed E-state index contributed by atoms with van der Waals surface area (Å²) in [6.45, 7) is 0.409. The number of benzene rings is 2. The highest BCUT2D eigenvalue weighted by Crippen LogP contribution is 2.33. The molecule has 6 heteroatoms. The average molecular weight is 382 g/mol. The Bertz CT molecular complexity index is 1340. The lowest BCUT2D eigenvalue weighted by atomic mass is 9.94. The predicted octanol–water partition coefficient (Wildman–Crippen LogP) is 3.07. The van der Waals surface area contributed by atoms with Crippen LogP contribution in [0.5, 0.6) is 0 Å². The van der Waals surface area contributed by atoms with Crippen LogP contribution < -0.4 is 5.32 Å². The molecule has 6 rings (SSSR count). The van der Waals surface area contributed by atoms with E-state index in [2.05, 4.69) is 21.4 Å². The highest BCUT2D eigenvalue weighted by molar-refractivity contribution is 6.09. The predicted molar refractivity (Wildman–Crippen MR) is 111 cm³/mol. The number of rotatable bonds is 1. The highest BCUT2D eigenvalue weighted by Gasteiger charge is 2.41. The molecule has 6 nitrogen and oxygen atoms in total. The average Bonchev–Trinajstić information content (AvgIpc) is 3.32. The zero-order valence-electron chi connectivity index (χ0n) is 15.5. The number of hydrogen-bond acceptors (Lipinski definition) is 2. The van der Waals surface area contributed by atoms with Crippen molar-refractivity contribution in [2.75, 3.05) is 0 Å². The molecule has 29 heavy (non-hydrogen) atoms. The van der Waals surface area contributed by atoms with E-state index in [1.807, 2.05) is 48.7 Å². The van der Waals surface area contributed by atoms with Crippen LogP contribution in [0.25, 0.3) is 27.9 Å². The second-order valence-corrected chi connectivity index (χ2v) is 7.62. The molecule has 0 aliphatic carbocycles. The van der Waals surface area contributed by atoms with E-state index >= 15 is 0 Å². The van der Waals surface area contributed by atoms with Crippen LogP contribution in [0.15, 0.2) is 60.4 Å². The maximum Gasteiger partial charge on any atom is 0.271 e. The number of amides is 2. The van der Waals surface area contributed by atoms with Crippen molar-refractivity contribution in [3.05, 3.63) is 77.2 Å². The Morgan fingerprint density at radius 2 is 1.72 bits per heavy atom. The molecular formula is C23H18N4O2. The van der Waals surface area contributed by atoms with Crippen LogP contribution in [-0.4, -0.2) is 32.7 Å². The molecule has 0 saturated carbocycles. The van der Waals surface area contributed by atoms with Crippen molar-refractivity contribution in [2.24, 2.45) is 0 Å². The number of piperazine rings is 1. The molecular weight excluding hydrogens is 364 g/mol. The van der Waals surface area contributed by atoms with Gasteiger partial charge in [-0.3, -0.25) is 9.59 Å². The number of carbonyl (C=O) groups excluding carboxylic acids is 2. The van der Waals surface area contributed by atoms with Crippen molar-refractivity contribution in [3.63, 3.8) is 0 Å². The van der Waals surface area contributed by atoms with Gasteiger partial charge in [-0.1, -0.05) is 36.4 Å². The summed E-state index contributed by atoms with van der Waals surface area (Å²) >= 11 is 0. The van der Waals surface area contributed by atoms with Gasteiger partial charge in [-0.05, 0) is 23.8 Å². The summed E-state index contributed by atoms with van der Waals surface area (Å²) in [5.74, 6) is -0.282. The minimum Gasteiger partial charge on any atom is -0.361 e. The number of nitrogens with one attached hydrogen (secondary N) is 3. The van der Waals surface area contributed by atoms with Crippen LogP contribution >= 0.6 is 0 Å². The Morgan fingerprint density at radius 3 is 2.59 bits per heavy atom. The molecule has 2 aromatic carbocycles. The monoisotopic (exact) mass is 382 g/mol. The molecule has 0 bridgehead atoms. The smallest absolute Gasteiger partial charge is 0.271 e. The minimum atomic E-state index is -0.477. The first kappa shape index (κ1) is 16.2. The van der Waals surface area contributed by atoms with Gasteiger partial charge in [0.05, 0.1) is 6.54 Å². The van der Waals surface area contributed by atoms with Crippen LogP contribution in [0, 0.1) is 0 Å². The maximum absolute atomic E-state index is 13.2. The summed E-state index contributed by atoms with van der Waals surface area (Å²) in [6.07, 6.45) is 4.14. The lowest BCUT2D eigenvalue weighted by Crippen LogP contribution is -2.58. The summed E-state index contributed by atoms with van der Waals surface area (Å²) in [6, 6.07) is 15.5. The lowest BCUT2D eigenvalue weighted by molar-refractivity contribution is -0.143.